The summed E-state index contributed by atoms with van der Waals surface area (Å²) in [6.07, 6.45) is 3.40. The van der Waals surface area contributed by atoms with Crippen molar-refractivity contribution in [3.63, 3.8) is 0 Å². The summed E-state index contributed by atoms with van der Waals surface area (Å²) in [6.45, 7) is 1.76. The monoisotopic (exact) mass is 394 g/mol. The first-order valence-electron chi connectivity index (χ1n) is 7.29. The number of rotatable bonds is 2. The summed E-state index contributed by atoms with van der Waals surface area (Å²) in [5.74, 6) is 5.59. The Morgan fingerprint density at radius 2 is 2.16 bits per heavy atom. The second-order valence-corrected chi connectivity index (χ2v) is 8.95. The molecular weight excluding hydrogens is 380 g/mol. The fourth-order valence-corrected chi connectivity index (χ4v) is 5.19. The number of guanidine groups is 1. The lowest BCUT2D eigenvalue weighted by molar-refractivity contribution is 0.533. The van der Waals surface area contributed by atoms with Crippen LogP contribution in [-0.4, -0.2) is 36.5 Å². The molecule has 3 heterocycles. The summed E-state index contributed by atoms with van der Waals surface area (Å²) >= 11 is 7.73. The molecule has 130 valence electrons. The van der Waals surface area contributed by atoms with Gasteiger partial charge in [-0.05, 0) is 19.1 Å². The number of hydrogen-bond donors (Lipinski definition) is 1. The third-order valence-corrected chi connectivity index (χ3v) is 7.17. The highest BCUT2D eigenvalue weighted by Crippen LogP contribution is 2.40. The van der Waals surface area contributed by atoms with Crippen molar-refractivity contribution in [1.82, 2.24) is 9.29 Å². The lowest BCUT2D eigenvalue weighted by Gasteiger charge is -2.26. The van der Waals surface area contributed by atoms with Crippen LogP contribution in [0, 0.1) is 11.8 Å². The summed E-state index contributed by atoms with van der Waals surface area (Å²) < 4.78 is 25.4. The molecule has 2 aromatic heterocycles. The van der Waals surface area contributed by atoms with Crippen LogP contribution >= 0.6 is 22.9 Å². The summed E-state index contributed by atoms with van der Waals surface area (Å²) in [6, 6.07) is 3.09. The highest BCUT2D eigenvalue weighted by molar-refractivity contribution is 7.89. The molecule has 0 spiro atoms. The maximum Gasteiger partial charge on any atom is 0.239 e. The molecule has 1 atom stereocenters. The van der Waals surface area contributed by atoms with E-state index < -0.39 is 16.1 Å². The number of nitrogens with two attached hydrogens (primary N) is 1. The van der Waals surface area contributed by atoms with E-state index in [4.69, 9.17) is 17.3 Å². The van der Waals surface area contributed by atoms with Gasteiger partial charge in [-0.25, -0.2) is 17.7 Å². The molecule has 0 fully saturated rings. The quantitative estimate of drug-likeness (QED) is 0.792. The molecule has 1 aliphatic heterocycles. The molecular formula is C16H15ClN4O2S2. The van der Waals surface area contributed by atoms with Gasteiger partial charge in [0.25, 0.3) is 0 Å². The number of sulfonamides is 1. The van der Waals surface area contributed by atoms with E-state index in [1.807, 2.05) is 6.07 Å². The molecule has 0 saturated heterocycles. The van der Waals surface area contributed by atoms with Crippen molar-refractivity contribution in [2.45, 2.75) is 13.0 Å². The van der Waals surface area contributed by atoms with Crippen molar-refractivity contribution in [3.05, 3.63) is 40.0 Å². The van der Waals surface area contributed by atoms with Crippen LogP contribution < -0.4 is 5.73 Å². The lowest BCUT2D eigenvalue weighted by atomic mass is 10.2. The number of pyridine rings is 1. The minimum Gasteiger partial charge on any atom is -0.369 e. The molecule has 1 aliphatic rings. The standard InChI is InChI=1S/C16H15ClN4O2S2/c1-3-4-10-5-11(8-19-7-10)14-6-12(17)15(24-14)13-9-25(22,23)21(2)16(18)20-13/h5-8,13H,9H2,1-2H3,(H2,18,20)/t13-/m0/s1. The fraction of sp³-hybridized carbons (Fsp3) is 0.250. The van der Waals surface area contributed by atoms with E-state index in [9.17, 15) is 8.42 Å². The average Bonchev–Trinajstić information content (AvgIpc) is 2.95. The SMILES string of the molecule is CC#Cc1cncc(-c2cc(Cl)c([C@@H]3CS(=O)(=O)N(C)C(N)=N3)s2)c1. The molecule has 6 nitrogen and oxygen atoms in total. The molecule has 25 heavy (non-hydrogen) atoms. The summed E-state index contributed by atoms with van der Waals surface area (Å²) in [7, 11) is -2.11. The minimum atomic E-state index is -3.50. The molecule has 0 amide bonds. The zero-order chi connectivity index (χ0) is 18.2. The highest BCUT2D eigenvalue weighted by Gasteiger charge is 2.33. The smallest absolute Gasteiger partial charge is 0.239 e. The number of aliphatic imine (C=N–C) groups is 1. The third kappa shape index (κ3) is 3.49. The second-order valence-electron chi connectivity index (χ2n) is 5.41. The Bertz CT molecular complexity index is 1020. The predicted octanol–water partition coefficient (Wildman–Crippen LogP) is 2.47. The van der Waals surface area contributed by atoms with Crippen molar-refractivity contribution in [1.29, 1.82) is 0 Å². The number of nitrogens with zero attached hydrogens (tertiary/aromatic N) is 3. The van der Waals surface area contributed by atoms with Crippen molar-refractivity contribution in [3.8, 4) is 22.3 Å². The van der Waals surface area contributed by atoms with E-state index >= 15 is 0 Å². The van der Waals surface area contributed by atoms with Gasteiger partial charge in [0.2, 0.25) is 16.0 Å². The van der Waals surface area contributed by atoms with Crippen LogP contribution in [-0.2, 0) is 10.0 Å². The molecule has 0 saturated carbocycles. The third-order valence-electron chi connectivity index (χ3n) is 3.70. The Hall–Kier alpha value is -2.08. The van der Waals surface area contributed by atoms with Crippen molar-refractivity contribution >= 4 is 38.9 Å². The molecule has 0 radical (unpaired) electrons. The van der Waals surface area contributed by atoms with Gasteiger partial charge in [0.15, 0.2) is 0 Å². The van der Waals surface area contributed by atoms with Gasteiger partial charge in [-0.2, -0.15) is 0 Å². The Balaban J connectivity index is 2.01. The first-order chi connectivity index (χ1) is 11.8. The largest absolute Gasteiger partial charge is 0.369 e. The van der Waals surface area contributed by atoms with Gasteiger partial charge in [0, 0.05) is 40.3 Å². The topological polar surface area (TPSA) is 88.7 Å². The lowest BCUT2D eigenvalue weighted by Crippen LogP contribution is -2.44. The van der Waals surface area contributed by atoms with E-state index in [0.29, 0.717) is 9.90 Å². The molecule has 0 aliphatic carbocycles. The van der Waals surface area contributed by atoms with Gasteiger partial charge in [-0.15, -0.1) is 17.3 Å². The van der Waals surface area contributed by atoms with Crippen molar-refractivity contribution in [2.75, 3.05) is 12.8 Å². The molecule has 0 bridgehead atoms. The van der Waals surface area contributed by atoms with E-state index in [0.717, 1.165) is 20.3 Å². The van der Waals surface area contributed by atoms with Gasteiger partial charge in [0.05, 0.1) is 10.8 Å². The Labute approximate surface area is 155 Å². The fourth-order valence-electron chi connectivity index (χ4n) is 2.41. The van der Waals surface area contributed by atoms with Crippen molar-refractivity contribution < 1.29 is 8.42 Å². The van der Waals surface area contributed by atoms with E-state index in [2.05, 4.69) is 21.8 Å². The normalized spacial score (nSPS) is 19.1. The zero-order valence-corrected chi connectivity index (χ0v) is 15.9. The van der Waals surface area contributed by atoms with E-state index in [1.165, 1.54) is 18.4 Å². The Morgan fingerprint density at radius 1 is 1.40 bits per heavy atom. The van der Waals surface area contributed by atoms with E-state index in [1.54, 1.807) is 25.4 Å². The van der Waals surface area contributed by atoms with Gasteiger partial charge in [-0.1, -0.05) is 17.5 Å². The molecule has 0 aromatic carbocycles. The Morgan fingerprint density at radius 3 is 2.84 bits per heavy atom. The molecule has 9 heteroatoms. The number of halogens is 1. The first-order valence-corrected chi connectivity index (χ1v) is 10.1. The van der Waals surface area contributed by atoms with Crippen LogP contribution in [0.4, 0.5) is 0 Å². The molecule has 2 N–H and O–H groups in total. The van der Waals surface area contributed by atoms with Crippen LogP contribution in [0.2, 0.25) is 5.02 Å². The maximum atomic E-state index is 12.2. The maximum absolute atomic E-state index is 12.2. The minimum absolute atomic E-state index is 0.0378. The van der Waals surface area contributed by atoms with Gasteiger partial charge < -0.3 is 5.73 Å². The summed E-state index contributed by atoms with van der Waals surface area (Å²) in [4.78, 5) is 10.0. The van der Waals surface area contributed by atoms with Crippen LogP contribution in [0.1, 0.15) is 23.4 Å². The average molecular weight is 395 g/mol. The second kappa shape index (κ2) is 6.67. The summed E-state index contributed by atoms with van der Waals surface area (Å²) in [5, 5.41) is 0.466. The number of thiophene rings is 1. The molecule has 3 rings (SSSR count). The molecule has 2 aromatic rings. The van der Waals surface area contributed by atoms with Crippen LogP contribution in [0.3, 0.4) is 0 Å². The first kappa shape index (κ1) is 17.7. The van der Waals surface area contributed by atoms with Crippen LogP contribution in [0.25, 0.3) is 10.4 Å². The van der Waals surface area contributed by atoms with Gasteiger partial charge in [0.1, 0.15) is 6.04 Å². The van der Waals surface area contributed by atoms with E-state index in [-0.39, 0.29) is 11.7 Å². The van der Waals surface area contributed by atoms with Crippen LogP contribution in [0.5, 0.6) is 0 Å². The Kier molecular flexibility index (Phi) is 4.73. The van der Waals surface area contributed by atoms with Crippen LogP contribution in [0.15, 0.2) is 29.5 Å². The zero-order valence-electron chi connectivity index (χ0n) is 13.5. The van der Waals surface area contributed by atoms with Gasteiger partial charge >= 0.3 is 0 Å². The highest BCUT2D eigenvalue weighted by atomic mass is 35.5. The van der Waals surface area contributed by atoms with Crippen molar-refractivity contribution in [2.24, 2.45) is 10.7 Å². The number of aromatic nitrogens is 1. The molecule has 0 unspecified atom stereocenters. The predicted molar refractivity (Wildman–Crippen MR) is 101 cm³/mol. The summed E-state index contributed by atoms with van der Waals surface area (Å²) in [5.41, 5.74) is 7.40. The number of hydrogen-bond acceptors (Lipinski definition) is 6. The van der Waals surface area contributed by atoms with Gasteiger partial charge in [-0.3, -0.25) is 4.98 Å².